The SMILES string of the molecule is Cn1c(-c2cccc(-n3c4ccccc4c4ccc(-c5nc6cc(-c7ccccc7)ccc6n5C)cc43)c2)nc2ccccc21. The number of benzene rings is 6. The van der Waals surface area contributed by atoms with Crippen molar-refractivity contribution in [3.8, 4) is 39.6 Å². The molecule has 0 amide bonds. The Bertz CT molecular complexity index is 2560. The summed E-state index contributed by atoms with van der Waals surface area (Å²) in [5.41, 5.74) is 12.2. The van der Waals surface area contributed by atoms with Gasteiger partial charge in [0.2, 0.25) is 0 Å². The van der Waals surface area contributed by atoms with E-state index in [9.17, 15) is 0 Å². The van der Waals surface area contributed by atoms with Crippen molar-refractivity contribution < 1.29 is 0 Å². The minimum absolute atomic E-state index is 0.947. The van der Waals surface area contributed by atoms with Crippen LogP contribution >= 0.6 is 0 Å². The van der Waals surface area contributed by atoms with E-state index in [1.54, 1.807) is 0 Å². The van der Waals surface area contributed by atoms with Gasteiger partial charge in [-0.2, -0.15) is 0 Å². The highest BCUT2D eigenvalue weighted by molar-refractivity contribution is 6.10. The molecular formula is C40H29N5. The van der Waals surface area contributed by atoms with Gasteiger partial charge < -0.3 is 13.7 Å². The molecule has 0 aliphatic rings. The average molecular weight is 580 g/mol. The first-order valence-electron chi connectivity index (χ1n) is 15.2. The van der Waals surface area contributed by atoms with Crippen LogP contribution in [-0.2, 0) is 14.1 Å². The second-order valence-corrected chi connectivity index (χ2v) is 11.7. The second-order valence-electron chi connectivity index (χ2n) is 11.7. The lowest BCUT2D eigenvalue weighted by Crippen LogP contribution is -1.97. The largest absolute Gasteiger partial charge is 0.327 e. The quantitative estimate of drug-likeness (QED) is 0.208. The van der Waals surface area contributed by atoms with E-state index >= 15 is 0 Å². The molecule has 0 atom stereocenters. The molecule has 45 heavy (non-hydrogen) atoms. The number of fused-ring (bicyclic) bond motifs is 5. The molecule has 0 aliphatic heterocycles. The molecule has 0 bridgehead atoms. The number of aromatic nitrogens is 5. The molecule has 9 aromatic rings. The Morgan fingerprint density at radius 1 is 0.400 bits per heavy atom. The third-order valence-corrected chi connectivity index (χ3v) is 9.07. The number of hydrogen-bond acceptors (Lipinski definition) is 2. The van der Waals surface area contributed by atoms with Gasteiger partial charge in [-0.3, -0.25) is 0 Å². The average Bonchev–Trinajstić information content (AvgIpc) is 3.73. The van der Waals surface area contributed by atoms with Crippen molar-refractivity contribution >= 4 is 43.9 Å². The Kier molecular flexibility index (Phi) is 5.56. The van der Waals surface area contributed by atoms with Gasteiger partial charge in [0.15, 0.2) is 0 Å². The van der Waals surface area contributed by atoms with E-state index in [0.29, 0.717) is 0 Å². The van der Waals surface area contributed by atoms with E-state index in [1.807, 2.05) is 12.1 Å². The predicted octanol–water partition coefficient (Wildman–Crippen LogP) is 9.56. The Morgan fingerprint density at radius 3 is 1.84 bits per heavy atom. The maximum atomic E-state index is 5.16. The van der Waals surface area contributed by atoms with Crippen LogP contribution in [0.1, 0.15) is 0 Å². The van der Waals surface area contributed by atoms with Crippen LogP contribution in [0.3, 0.4) is 0 Å². The number of hydrogen-bond donors (Lipinski definition) is 0. The van der Waals surface area contributed by atoms with Crippen molar-refractivity contribution in [2.75, 3.05) is 0 Å². The normalized spacial score (nSPS) is 11.8. The molecule has 3 aromatic heterocycles. The van der Waals surface area contributed by atoms with Crippen LogP contribution in [0.15, 0.2) is 140 Å². The Labute approximate surface area is 260 Å². The van der Waals surface area contributed by atoms with Crippen molar-refractivity contribution in [3.05, 3.63) is 140 Å². The molecule has 6 aromatic carbocycles. The first-order valence-corrected chi connectivity index (χ1v) is 15.2. The van der Waals surface area contributed by atoms with Gasteiger partial charge in [-0.15, -0.1) is 0 Å². The molecule has 5 heteroatoms. The van der Waals surface area contributed by atoms with Gasteiger partial charge in [-0.05, 0) is 59.7 Å². The summed E-state index contributed by atoms with van der Waals surface area (Å²) < 4.78 is 6.74. The third-order valence-electron chi connectivity index (χ3n) is 9.07. The highest BCUT2D eigenvalue weighted by atomic mass is 15.1. The number of para-hydroxylation sites is 3. The van der Waals surface area contributed by atoms with E-state index in [0.717, 1.165) is 56.0 Å². The zero-order chi connectivity index (χ0) is 30.1. The van der Waals surface area contributed by atoms with Gasteiger partial charge >= 0.3 is 0 Å². The van der Waals surface area contributed by atoms with Crippen molar-refractivity contribution in [2.45, 2.75) is 0 Å². The molecule has 3 heterocycles. The molecule has 0 radical (unpaired) electrons. The summed E-state index contributed by atoms with van der Waals surface area (Å²) in [4.78, 5) is 10.1. The maximum absolute atomic E-state index is 5.16. The number of aryl methyl sites for hydroxylation is 2. The third kappa shape index (κ3) is 3.94. The number of rotatable bonds is 4. The van der Waals surface area contributed by atoms with Crippen molar-refractivity contribution in [2.24, 2.45) is 14.1 Å². The molecule has 0 aliphatic carbocycles. The Balaban J connectivity index is 1.22. The van der Waals surface area contributed by atoms with Crippen LogP contribution < -0.4 is 0 Å². The van der Waals surface area contributed by atoms with E-state index in [-0.39, 0.29) is 0 Å². The first-order chi connectivity index (χ1) is 22.1. The molecule has 0 unspecified atom stereocenters. The summed E-state index contributed by atoms with van der Waals surface area (Å²) in [6, 6.07) is 49.4. The molecular weight excluding hydrogens is 550 g/mol. The van der Waals surface area contributed by atoms with Crippen molar-refractivity contribution in [1.29, 1.82) is 0 Å². The van der Waals surface area contributed by atoms with Crippen LogP contribution in [0.4, 0.5) is 0 Å². The van der Waals surface area contributed by atoms with Gasteiger partial charge in [0.1, 0.15) is 11.6 Å². The van der Waals surface area contributed by atoms with Gasteiger partial charge in [0, 0.05) is 41.7 Å². The van der Waals surface area contributed by atoms with Crippen LogP contribution in [0.5, 0.6) is 0 Å². The van der Waals surface area contributed by atoms with Crippen LogP contribution in [0, 0.1) is 0 Å². The van der Waals surface area contributed by atoms with Gasteiger partial charge in [0.05, 0.1) is 33.1 Å². The lowest BCUT2D eigenvalue weighted by atomic mass is 10.1. The molecule has 0 N–H and O–H groups in total. The number of nitrogens with zero attached hydrogens (tertiary/aromatic N) is 5. The maximum Gasteiger partial charge on any atom is 0.140 e. The van der Waals surface area contributed by atoms with Crippen molar-refractivity contribution in [1.82, 2.24) is 23.7 Å². The van der Waals surface area contributed by atoms with Crippen LogP contribution in [0.2, 0.25) is 0 Å². The van der Waals surface area contributed by atoms with Gasteiger partial charge in [-0.25, -0.2) is 9.97 Å². The summed E-state index contributed by atoms with van der Waals surface area (Å²) in [7, 11) is 4.19. The second kappa shape index (κ2) is 9.79. The molecule has 5 nitrogen and oxygen atoms in total. The standard InChI is InChI=1S/C40H29N5/c1-43-36-18-9-7-16-33(36)41-39(43)28-13-10-14-30(23-28)45-35-17-8-6-15-31(35)32-21-19-29(25-38(32)45)40-42-34-24-27(20-22-37(34)44(40)2)26-11-4-3-5-12-26/h3-25H,1-2H3. The lowest BCUT2D eigenvalue weighted by Gasteiger charge is -2.11. The van der Waals surface area contributed by atoms with E-state index in [1.165, 1.54) is 27.4 Å². The minimum Gasteiger partial charge on any atom is -0.327 e. The van der Waals surface area contributed by atoms with Crippen LogP contribution in [0.25, 0.3) is 83.5 Å². The van der Waals surface area contributed by atoms with Crippen molar-refractivity contribution in [3.63, 3.8) is 0 Å². The molecule has 0 spiro atoms. The Hall–Kier alpha value is -5.94. The van der Waals surface area contributed by atoms with E-state index in [4.69, 9.17) is 9.97 Å². The summed E-state index contributed by atoms with van der Waals surface area (Å²) in [5.74, 6) is 1.90. The monoisotopic (exact) mass is 579 g/mol. The van der Waals surface area contributed by atoms with Gasteiger partial charge in [-0.1, -0.05) is 91.0 Å². The molecule has 9 rings (SSSR count). The first kappa shape index (κ1) is 25.5. The summed E-state index contributed by atoms with van der Waals surface area (Å²) in [6.45, 7) is 0. The lowest BCUT2D eigenvalue weighted by molar-refractivity contribution is 0.958. The topological polar surface area (TPSA) is 40.6 Å². The fourth-order valence-electron chi connectivity index (χ4n) is 6.84. The summed E-state index contributed by atoms with van der Waals surface area (Å²) >= 11 is 0. The van der Waals surface area contributed by atoms with Gasteiger partial charge in [0.25, 0.3) is 0 Å². The zero-order valence-electron chi connectivity index (χ0n) is 25.0. The van der Waals surface area contributed by atoms with E-state index in [2.05, 4.69) is 155 Å². The fraction of sp³-hybridized carbons (Fsp3) is 0.0500. The van der Waals surface area contributed by atoms with Crippen LogP contribution in [-0.4, -0.2) is 23.7 Å². The minimum atomic E-state index is 0.947. The predicted molar refractivity (Wildman–Crippen MR) is 186 cm³/mol. The highest BCUT2D eigenvalue weighted by Crippen LogP contribution is 2.36. The molecule has 0 saturated heterocycles. The summed E-state index contributed by atoms with van der Waals surface area (Å²) in [5, 5.41) is 2.44. The smallest absolute Gasteiger partial charge is 0.140 e. The number of imidazole rings is 2. The zero-order valence-corrected chi connectivity index (χ0v) is 25.0. The molecule has 0 saturated carbocycles. The molecule has 0 fully saturated rings. The summed E-state index contributed by atoms with van der Waals surface area (Å²) in [6.07, 6.45) is 0. The van der Waals surface area contributed by atoms with E-state index < -0.39 is 0 Å². The highest BCUT2D eigenvalue weighted by Gasteiger charge is 2.17. The Morgan fingerprint density at radius 2 is 1.02 bits per heavy atom. The molecule has 214 valence electrons. The fourth-order valence-corrected chi connectivity index (χ4v) is 6.84.